The van der Waals surface area contributed by atoms with Crippen molar-refractivity contribution in [3.63, 3.8) is 0 Å². The number of hydrogen-bond acceptors (Lipinski definition) is 7. The molecule has 2 aliphatic heterocycles. The summed E-state index contributed by atoms with van der Waals surface area (Å²) in [6, 6.07) is 17.7. The molecule has 45 heavy (non-hydrogen) atoms. The van der Waals surface area contributed by atoms with Crippen molar-refractivity contribution >= 4 is 39.2 Å². The zero-order chi connectivity index (χ0) is 32.2. The number of ether oxygens (including phenoxy) is 3. The van der Waals surface area contributed by atoms with Crippen LogP contribution >= 0.6 is 11.3 Å². The van der Waals surface area contributed by atoms with Crippen LogP contribution in [0.3, 0.4) is 0 Å². The smallest absolute Gasteiger partial charge is 0.490 e. The van der Waals surface area contributed by atoms with Crippen molar-refractivity contribution in [2.24, 2.45) is 0 Å². The maximum Gasteiger partial charge on any atom is 0.490 e. The number of H-pyrrole nitrogens is 1. The molecule has 6 rings (SSSR count). The molecule has 4 heterocycles. The summed E-state index contributed by atoms with van der Waals surface area (Å²) in [5.74, 6) is -0.285. The van der Waals surface area contributed by atoms with E-state index in [9.17, 15) is 18.0 Å². The van der Waals surface area contributed by atoms with Crippen LogP contribution in [-0.4, -0.2) is 85.1 Å². The summed E-state index contributed by atoms with van der Waals surface area (Å²) in [6.07, 6.45) is -3.44. The van der Waals surface area contributed by atoms with Gasteiger partial charge in [0, 0.05) is 42.8 Å². The number of benzene rings is 2. The second-order valence-corrected chi connectivity index (χ2v) is 11.5. The Kier molecular flexibility index (Phi) is 9.44. The van der Waals surface area contributed by atoms with Gasteiger partial charge in [-0.25, -0.2) is 9.59 Å². The number of likely N-dealkylation sites (tertiary alicyclic amines) is 1. The molecular formula is C31H33F3N4O6S. The van der Waals surface area contributed by atoms with Crippen molar-refractivity contribution in [3.05, 3.63) is 71.2 Å². The molecule has 4 aromatic rings. The molecule has 2 amide bonds. The lowest BCUT2D eigenvalue weighted by molar-refractivity contribution is -0.192. The Bertz CT molecular complexity index is 1630. The Labute approximate surface area is 261 Å². The fourth-order valence-corrected chi connectivity index (χ4v) is 6.46. The van der Waals surface area contributed by atoms with Gasteiger partial charge in [-0.1, -0.05) is 0 Å². The van der Waals surface area contributed by atoms with E-state index in [4.69, 9.17) is 24.1 Å². The van der Waals surface area contributed by atoms with Crippen LogP contribution in [0.15, 0.2) is 60.0 Å². The molecule has 14 heteroatoms. The number of anilines is 1. The van der Waals surface area contributed by atoms with E-state index in [0.717, 1.165) is 65.9 Å². The quantitative estimate of drug-likeness (QED) is 0.227. The highest BCUT2D eigenvalue weighted by molar-refractivity contribution is 7.14. The Morgan fingerprint density at radius 3 is 2.38 bits per heavy atom. The molecule has 240 valence electrons. The summed E-state index contributed by atoms with van der Waals surface area (Å²) >= 11 is 1.54. The first-order chi connectivity index (χ1) is 21.5. The number of carbonyl (C=O) groups excluding carboxylic acids is 1. The Balaban J connectivity index is 0.000000515. The van der Waals surface area contributed by atoms with E-state index in [0.29, 0.717) is 13.2 Å². The summed E-state index contributed by atoms with van der Waals surface area (Å²) in [6.45, 7) is 3.63. The number of carboxylic acid groups (broad SMARTS) is 1. The number of nitrogens with zero attached hydrogens (tertiary/aromatic N) is 2. The van der Waals surface area contributed by atoms with Gasteiger partial charge in [-0.05, 0) is 78.4 Å². The third kappa shape index (κ3) is 6.96. The first kappa shape index (κ1) is 32.0. The van der Waals surface area contributed by atoms with Gasteiger partial charge >= 0.3 is 18.2 Å². The first-order valence-corrected chi connectivity index (χ1v) is 15.0. The Hall–Kier alpha value is -4.43. The molecule has 1 atom stereocenters. The predicted molar refractivity (Wildman–Crippen MR) is 164 cm³/mol. The fraction of sp³-hybridized carbons (Fsp3) is 0.355. The van der Waals surface area contributed by atoms with E-state index in [1.54, 1.807) is 14.2 Å². The molecular weight excluding hydrogens is 613 g/mol. The van der Waals surface area contributed by atoms with E-state index in [1.807, 2.05) is 52.7 Å². The number of methoxy groups -OCH3 is 2. The number of aromatic nitrogens is 1. The van der Waals surface area contributed by atoms with Crippen LogP contribution in [-0.2, 0) is 16.8 Å². The molecule has 1 fully saturated rings. The number of fused-ring (bicyclic) bond motifs is 4. The lowest BCUT2D eigenvalue weighted by Crippen LogP contribution is -2.56. The molecule has 2 aromatic carbocycles. The Morgan fingerprint density at radius 2 is 1.73 bits per heavy atom. The van der Waals surface area contributed by atoms with Gasteiger partial charge in [0.25, 0.3) is 0 Å². The third-order valence-electron chi connectivity index (χ3n) is 7.98. The molecule has 0 radical (unpaired) electrons. The minimum Gasteiger partial charge on any atom is -0.497 e. The van der Waals surface area contributed by atoms with Crippen molar-refractivity contribution in [2.45, 2.75) is 24.6 Å². The number of amides is 2. The van der Waals surface area contributed by atoms with Gasteiger partial charge < -0.3 is 29.2 Å². The van der Waals surface area contributed by atoms with Crippen molar-refractivity contribution in [1.29, 1.82) is 0 Å². The van der Waals surface area contributed by atoms with Gasteiger partial charge in [0.2, 0.25) is 0 Å². The second-order valence-electron chi connectivity index (χ2n) is 10.6. The standard InChI is InChI=1S/C29H32N4O4S.C2HF3O2/c1-35-20-5-7-21(8-6-20)37-16-15-32-14-12-29(19-32)27-23(24-18-22(36-2)9-10-25(24)30-27)11-13-33(29)28(34)31-26-4-3-17-38-26;3-2(4,5)1(6)7/h3-10,17-18,30H,11-16,19H2,1-2H3,(H,31,34);(H,6,7). The van der Waals surface area contributed by atoms with Crippen LogP contribution in [0, 0.1) is 0 Å². The number of rotatable bonds is 7. The summed E-state index contributed by atoms with van der Waals surface area (Å²) in [4.78, 5) is 30.7. The zero-order valence-electron chi connectivity index (χ0n) is 24.6. The molecule has 10 nitrogen and oxygen atoms in total. The molecule has 1 saturated heterocycles. The minimum atomic E-state index is -5.08. The number of thiophene rings is 1. The van der Waals surface area contributed by atoms with Crippen LogP contribution in [0.5, 0.6) is 17.2 Å². The van der Waals surface area contributed by atoms with E-state index >= 15 is 0 Å². The second kappa shape index (κ2) is 13.3. The number of carboxylic acids is 1. The lowest BCUT2D eigenvalue weighted by atomic mass is 9.84. The highest BCUT2D eigenvalue weighted by atomic mass is 32.1. The summed E-state index contributed by atoms with van der Waals surface area (Å²) in [5, 5.41) is 14.3. The topological polar surface area (TPSA) is 116 Å². The number of carbonyl (C=O) groups is 2. The van der Waals surface area contributed by atoms with E-state index in [1.165, 1.54) is 22.3 Å². The van der Waals surface area contributed by atoms with Crippen LogP contribution in [0.1, 0.15) is 17.7 Å². The number of halogens is 3. The van der Waals surface area contributed by atoms with Crippen molar-refractivity contribution in [1.82, 2.24) is 14.8 Å². The molecule has 2 aliphatic rings. The molecule has 0 bridgehead atoms. The van der Waals surface area contributed by atoms with Gasteiger partial charge in [-0.3, -0.25) is 10.2 Å². The number of aliphatic carboxylic acids is 1. The normalized spacial score (nSPS) is 17.8. The molecule has 1 spiro atoms. The molecule has 0 aliphatic carbocycles. The van der Waals surface area contributed by atoms with E-state index in [-0.39, 0.29) is 6.03 Å². The monoisotopic (exact) mass is 646 g/mol. The summed E-state index contributed by atoms with van der Waals surface area (Å²) < 4.78 is 48.5. The van der Waals surface area contributed by atoms with Gasteiger partial charge in [-0.2, -0.15) is 13.2 Å². The summed E-state index contributed by atoms with van der Waals surface area (Å²) in [7, 11) is 3.35. The third-order valence-corrected chi connectivity index (χ3v) is 8.77. The number of nitrogens with one attached hydrogen (secondary N) is 2. The molecule has 2 aromatic heterocycles. The maximum absolute atomic E-state index is 13.6. The minimum absolute atomic E-state index is 0.0503. The summed E-state index contributed by atoms with van der Waals surface area (Å²) in [5.41, 5.74) is 3.07. The van der Waals surface area contributed by atoms with Gasteiger partial charge in [0.15, 0.2) is 0 Å². The van der Waals surface area contributed by atoms with Crippen molar-refractivity contribution in [2.75, 3.05) is 52.3 Å². The molecule has 3 N–H and O–H groups in total. The van der Waals surface area contributed by atoms with E-state index < -0.39 is 17.7 Å². The van der Waals surface area contributed by atoms with Crippen molar-refractivity contribution < 1.29 is 42.1 Å². The molecule has 0 saturated carbocycles. The zero-order valence-corrected chi connectivity index (χ0v) is 25.5. The van der Waals surface area contributed by atoms with Crippen LogP contribution in [0.25, 0.3) is 10.9 Å². The number of hydrogen-bond donors (Lipinski definition) is 3. The average molecular weight is 647 g/mol. The van der Waals surface area contributed by atoms with Crippen LogP contribution < -0.4 is 19.5 Å². The highest BCUT2D eigenvalue weighted by Gasteiger charge is 2.51. The highest BCUT2D eigenvalue weighted by Crippen LogP contribution is 2.45. The average Bonchev–Trinajstić information content (AvgIpc) is 3.77. The maximum atomic E-state index is 13.6. The van der Waals surface area contributed by atoms with Gasteiger partial charge in [0.1, 0.15) is 23.9 Å². The Morgan fingerprint density at radius 1 is 1.04 bits per heavy atom. The number of aromatic amines is 1. The predicted octanol–water partition coefficient (Wildman–Crippen LogP) is 5.95. The number of urea groups is 1. The van der Waals surface area contributed by atoms with Crippen molar-refractivity contribution in [3.8, 4) is 17.2 Å². The SMILES string of the molecule is COc1ccc(OCCN2CCC3(C2)c2[nH]c4ccc(OC)cc4c2CCN3C(=O)Nc2cccs2)cc1.O=C(O)C(F)(F)F. The molecule has 1 unspecified atom stereocenters. The lowest BCUT2D eigenvalue weighted by Gasteiger charge is -2.44. The van der Waals surface area contributed by atoms with Gasteiger partial charge in [-0.15, -0.1) is 11.3 Å². The van der Waals surface area contributed by atoms with E-state index in [2.05, 4.69) is 27.3 Å². The largest absolute Gasteiger partial charge is 0.497 e. The first-order valence-electron chi connectivity index (χ1n) is 14.1. The number of alkyl halides is 3. The van der Waals surface area contributed by atoms with Crippen LogP contribution in [0.4, 0.5) is 23.0 Å². The fourth-order valence-electron chi connectivity index (χ4n) is 5.85. The van der Waals surface area contributed by atoms with Crippen LogP contribution in [0.2, 0.25) is 0 Å². The van der Waals surface area contributed by atoms with Gasteiger partial charge in [0.05, 0.1) is 24.8 Å².